The average molecular weight is 505 g/mol. The maximum absolute atomic E-state index is 13.4. The van der Waals surface area contributed by atoms with E-state index in [2.05, 4.69) is 53.9 Å². The van der Waals surface area contributed by atoms with Gasteiger partial charge < -0.3 is 10.4 Å². The molecule has 0 spiro atoms. The van der Waals surface area contributed by atoms with E-state index in [4.69, 9.17) is 4.98 Å². The Balaban J connectivity index is 1.38. The Kier molecular flexibility index (Phi) is 7.44. The number of hydrogen-bond acceptors (Lipinski definition) is 3. The summed E-state index contributed by atoms with van der Waals surface area (Å²) in [6.07, 6.45) is 9.20. The summed E-state index contributed by atoms with van der Waals surface area (Å²) in [6, 6.07) is 22.7. The molecule has 38 heavy (non-hydrogen) atoms. The van der Waals surface area contributed by atoms with E-state index in [0.29, 0.717) is 19.3 Å². The van der Waals surface area contributed by atoms with Crippen LogP contribution in [0, 0.1) is 0 Å². The van der Waals surface area contributed by atoms with Gasteiger partial charge in [-0.25, -0.2) is 0 Å². The van der Waals surface area contributed by atoms with E-state index < -0.39 is 6.10 Å². The van der Waals surface area contributed by atoms with Gasteiger partial charge in [-0.15, -0.1) is 0 Å². The first-order valence-electron chi connectivity index (χ1n) is 13.5. The summed E-state index contributed by atoms with van der Waals surface area (Å²) in [5.41, 5.74) is 6.71. The predicted molar refractivity (Wildman–Crippen MR) is 156 cm³/mol. The summed E-state index contributed by atoms with van der Waals surface area (Å²) in [6.45, 7) is 6.01. The number of carbonyl (C=O) groups is 1. The molecule has 0 fully saturated rings. The van der Waals surface area contributed by atoms with Gasteiger partial charge in [0.1, 0.15) is 0 Å². The number of fused-ring (bicyclic) bond motifs is 2. The highest BCUT2D eigenvalue weighted by atomic mass is 16.3. The summed E-state index contributed by atoms with van der Waals surface area (Å²) < 4.78 is 0. The van der Waals surface area contributed by atoms with Crippen molar-refractivity contribution in [3.05, 3.63) is 107 Å². The number of aromatic nitrogens is 1. The van der Waals surface area contributed by atoms with Crippen molar-refractivity contribution in [1.29, 1.82) is 0 Å². The van der Waals surface area contributed by atoms with Crippen LogP contribution in [0.4, 0.5) is 0 Å². The molecule has 5 rings (SSSR count). The number of hydrogen-bond donors (Lipinski definition) is 2. The summed E-state index contributed by atoms with van der Waals surface area (Å²) >= 11 is 0. The van der Waals surface area contributed by atoms with Gasteiger partial charge in [-0.3, -0.25) is 9.78 Å². The molecule has 0 saturated heterocycles. The number of carbonyl (C=O) groups excluding carboxylic acids is 1. The molecule has 0 radical (unpaired) electrons. The van der Waals surface area contributed by atoms with E-state index in [0.717, 1.165) is 57.1 Å². The molecule has 3 aromatic carbocycles. The van der Waals surface area contributed by atoms with Gasteiger partial charge in [0, 0.05) is 22.7 Å². The van der Waals surface area contributed by atoms with Crippen molar-refractivity contribution in [2.45, 2.75) is 64.5 Å². The maximum Gasteiger partial charge on any atom is 0.252 e. The van der Waals surface area contributed by atoms with E-state index in [1.807, 2.05) is 57.3 Å². The molecular formula is C34H36N2O2. The zero-order chi connectivity index (χ0) is 26.7. The predicted octanol–water partition coefficient (Wildman–Crippen LogP) is 6.93. The lowest BCUT2D eigenvalue weighted by molar-refractivity contribution is 0.0917. The van der Waals surface area contributed by atoms with Gasteiger partial charge in [0.05, 0.1) is 17.4 Å². The molecule has 1 atom stereocenters. The number of allylic oxidation sites excluding steroid dienone is 1. The average Bonchev–Trinajstić information content (AvgIpc) is 2.90. The first-order valence-corrected chi connectivity index (χ1v) is 13.5. The minimum absolute atomic E-state index is 0.0437. The summed E-state index contributed by atoms with van der Waals surface area (Å²) in [5.74, 6) is -0.0437. The Morgan fingerprint density at radius 1 is 1.00 bits per heavy atom. The highest BCUT2D eigenvalue weighted by Crippen LogP contribution is 2.31. The van der Waals surface area contributed by atoms with Crippen LogP contribution in [-0.2, 0) is 19.3 Å². The number of amides is 1. The van der Waals surface area contributed by atoms with Crippen LogP contribution in [0.1, 0.15) is 66.2 Å². The first kappa shape index (κ1) is 25.9. The van der Waals surface area contributed by atoms with Gasteiger partial charge >= 0.3 is 0 Å². The second kappa shape index (κ2) is 10.9. The third-order valence-corrected chi connectivity index (χ3v) is 7.15. The molecular weight excluding hydrogens is 468 g/mol. The summed E-state index contributed by atoms with van der Waals surface area (Å²) in [4.78, 5) is 18.1. The largest absolute Gasteiger partial charge is 0.393 e. The number of pyridine rings is 1. The topological polar surface area (TPSA) is 62.2 Å². The Labute approximate surface area is 225 Å². The minimum atomic E-state index is -0.545. The van der Waals surface area contributed by atoms with Crippen molar-refractivity contribution in [2.75, 3.05) is 0 Å². The SMILES string of the molecule is CC(C)(C)NC(=O)c1c(CCC(O)Cc2ccccc2-c2nccc3ccccc23)ccc2c1C=CCC2. The molecule has 4 heteroatoms. The maximum atomic E-state index is 13.4. The number of aryl methyl sites for hydroxylation is 2. The van der Waals surface area contributed by atoms with Gasteiger partial charge in [0.2, 0.25) is 0 Å². The monoisotopic (exact) mass is 504 g/mol. The third kappa shape index (κ3) is 5.71. The fourth-order valence-electron chi connectivity index (χ4n) is 5.38. The minimum Gasteiger partial charge on any atom is -0.393 e. The number of nitrogens with zero attached hydrogens (tertiary/aromatic N) is 1. The summed E-state index contributed by atoms with van der Waals surface area (Å²) in [5, 5.41) is 16.6. The lowest BCUT2D eigenvalue weighted by Crippen LogP contribution is -2.41. The van der Waals surface area contributed by atoms with Gasteiger partial charge in [-0.1, -0.05) is 72.8 Å². The highest BCUT2D eigenvalue weighted by molar-refractivity contribution is 6.00. The van der Waals surface area contributed by atoms with Crippen molar-refractivity contribution < 1.29 is 9.90 Å². The molecule has 4 nitrogen and oxygen atoms in total. The van der Waals surface area contributed by atoms with Crippen molar-refractivity contribution in [1.82, 2.24) is 10.3 Å². The van der Waals surface area contributed by atoms with Crippen LogP contribution in [0.5, 0.6) is 0 Å². The lowest BCUT2D eigenvalue weighted by atomic mass is 9.87. The van der Waals surface area contributed by atoms with Gasteiger partial charge in [-0.2, -0.15) is 0 Å². The molecule has 1 aliphatic carbocycles. The fraction of sp³-hybridized carbons (Fsp3) is 0.294. The molecule has 0 aliphatic heterocycles. The number of nitrogens with one attached hydrogen (secondary N) is 1. The fourth-order valence-corrected chi connectivity index (χ4v) is 5.38. The van der Waals surface area contributed by atoms with Crippen molar-refractivity contribution in [2.24, 2.45) is 0 Å². The van der Waals surface area contributed by atoms with Crippen molar-refractivity contribution >= 4 is 22.8 Å². The number of rotatable bonds is 7. The van der Waals surface area contributed by atoms with Crippen molar-refractivity contribution in [3.63, 3.8) is 0 Å². The van der Waals surface area contributed by atoms with Crippen molar-refractivity contribution in [3.8, 4) is 11.3 Å². The quantitative estimate of drug-likeness (QED) is 0.287. The molecule has 1 unspecified atom stereocenters. The second-order valence-electron chi connectivity index (χ2n) is 11.3. The van der Waals surface area contributed by atoms with E-state index in [-0.39, 0.29) is 11.4 Å². The molecule has 1 heterocycles. The molecule has 194 valence electrons. The standard InChI is InChI=1S/C34H36N2O2/c1-34(2,3)36-33(38)31-25(17-16-23-10-4-7-13-28(23)31)18-19-27(37)22-26-12-6-9-15-30(26)32-29-14-8-5-11-24(29)20-21-35-32/h5-9,11-17,20-21,27,37H,4,10,18-19,22H2,1-3H3,(H,36,38). The molecule has 4 aromatic rings. The third-order valence-electron chi connectivity index (χ3n) is 7.15. The van der Waals surface area contributed by atoms with Crippen LogP contribution in [0.15, 0.2) is 79.0 Å². The molecule has 1 amide bonds. The van der Waals surface area contributed by atoms with Crippen LogP contribution < -0.4 is 5.32 Å². The van der Waals surface area contributed by atoms with Gasteiger partial charge in [0.15, 0.2) is 0 Å². The van der Waals surface area contributed by atoms with Gasteiger partial charge in [-0.05, 0) is 86.6 Å². The van der Waals surface area contributed by atoms with Gasteiger partial charge in [0.25, 0.3) is 5.91 Å². The molecule has 2 N–H and O–H groups in total. The first-order chi connectivity index (χ1) is 18.3. The number of aliphatic hydroxyl groups excluding tert-OH is 1. The number of aliphatic hydroxyl groups is 1. The highest BCUT2D eigenvalue weighted by Gasteiger charge is 2.23. The van der Waals surface area contributed by atoms with Crippen LogP contribution >= 0.6 is 0 Å². The zero-order valence-corrected chi connectivity index (χ0v) is 22.5. The Morgan fingerprint density at radius 2 is 1.79 bits per heavy atom. The number of benzene rings is 3. The summed E-state index contributed by atoms with van der Waals surface area (Å²) in [7, 11) is 0. The Bertz CT molecular complexity index is 1490. The van der Waals surface area contributed by atoms with Crippen LogP contribution in [0.3, 0.4) is 0 Å². The van der Waals surface area contributed by atoms with E-state index in [9.17, 15) is 9.90 Å². The lowest BCUT2D eigenvalue weighted by Gasteiger charge is -2.24. The molecule has 1 aromatic heterocycles. The normalized spacial score (nSPS) is 13.8. The second-order valence-corrected chi connectivity index (χ2v) is 11.3. The smallest absolute Gasteiger partial charge is 0.252 e. The van der Waals surface area contributed by atoms with E-state index >= 15 is 0 Å². The van der Waals surface area contributed by atoms with Crippen LogP contribution in [0.2, 0.25) is 0 Å². The molecule has 0 saturated carbocycles. The van der Waals surface area contributed by atoms with Crippen LogP contribution in [-0.4, -0.2) is 27.6 Å². The molecule has 0 bridgehead atoms. The Hall–Kier alpha value is -3.76. The molecule has 1 aliphatic rings. The van der Waals surface area contributed by atoms with E-state index in [1.165, 1.54) is 5.56 Å². The van der Waals surface area contributed by atoms with E-state index in [1.54, 1.807) is 0 Å². The Morgan fingerprint density at radius 3 is 2.63 bits per heavy atom. The zero-order valence-electron chi connectivity index (χ0n) is 22.5. The van der Waals surface area contributed by atoms with Crippen LogP contribution in [0.25, 0.3) is 28.1 Å².